The first-order chi connectivity index (χ1) is 16.4. The van der Waals surface area contributed by atoms with Gasteiger partial charge in [-0.15, -0.1) is 0 Å². The van der Waals surface area contributed by atoms with Gasteiger partial charge in [-0.05, 0) is 56.3 Å². The van der Waals surface area contributed by atoms with E-state index in [9.17, 15) is 14.4 Å². The monoisotopic (exact) mass is 483 g/mol. The van der Waals surface area contributed by atoms with Crippen molar-refractivity contribution in [2.45, 2.75) is 76.8 Å². The Labute approximate surface area is 204 Å². The molecule has 3 amide bonds. The minimum Gasteiger partial charge on any atom is -0.395 e. The van der Waals surface area contributed by atoms with Gasteiger partial charge in [-0.25, -0.2) is 0 Å². The van der Waals surface area contributed by atoms with E-state index in [0.717, 1.165) is 68.5 Å². The molecule has 0 unspecified atom stereocenters. The molecule has 34 heavy (non-hydrogen) atoms. The summed E-state index contributed by atoms with van der Waals surface area (Å²) in [5.41, 5.74) is 8.04. The van der Waals surface area contributed by atoms with Crippen LogP contribution in [0.15, 0.2) is 24.3 Å². The standard InChI is InChI=1S/C25H33N5O3S/c1-16-11-13-19(14-12-16)30(15-20(31)27-17-9-5-6-10-17)25(33)23-21(26)22(29-34-23)24(32)28-18-7-3-2-4-8-18/h11-14,17-18H,2-10,15,26H2,1H3,(H,27,31)(H,28,32). The maximum Gasteiger partial charge on any atom is 0.273 e. The van der Waals surface area contributed by atoms with Crippen molar-refractivity contribution >= 4 is 40.6 Å². The van der Waals surface area contributed by atoms with Crippen LogP contribution < -0.4 is 21.3 Å². The molecule has 4 N–H and O–H groups in total. The highest BCUT2D eigenvalue weighted by Crippen LogP contribution is 2.27. The summed E-state index contributed by atoms with van der Waals surface area (Å²) >= 11 is 0.902. The highest BCUT2D eigenvalue weighted by Gasteiger charge is 2.29. The van der Waals surface area contributed by atoms with Gasteiger partial charge in [0, 0.05) is 17.8 Å². The number of aromatic nitrogens is 1. The zero-order valence-corrected chi connectivity index (χ0v) is 20.5. The molecule has 8 nitrogen and oxygen atoms in total. The fourth-order valence-corrected chi connectivity index (χ4v) is 5.48. The number of rotatable bonds is 7. The smallest absolute Gasteiger partial charge is 0.273 e. The lowest BCUT2D eigenvalue weighted by molar-refractivity contribution is -0.120. The van der Waals surface area contributed by atoms with Gasteiger partial charge >= 0.3 is 0 Å². The van der Waals surface area contributed by atoms with Crippen molar-refractivity contribution in [3.8, 4) is 0 Å². The molecule has 1 aromatic heterocycles. The molecule has 9 heteroatoms. The number of hydrogen-bond acceptors (Lipinski definition) is 6. The molecule has 2 fully saturated rings. The number of nitrogens with one attached hydrogen (secondary N) is 2. The van der Waals surface area contributed by atoms with Crippen molar-refractivity contribution in [3.05, 3.63) is 40.4 Å². The Kier molecular flexibility index (Phi) is 7.82. The average molecular weight is 484 g/mol. The van der Waals surface area contributed by atoms with E-state index in [1.165, 1.54) is 11.3 Å². The van der Waals surface area contributed by atoms with Crippen LogP contribution in [-0.4, -0.2) is 40.7 Å². The number of nitrogens with two attached hydrogens (primary N) is 1. The number of carbonyl (C=O) groups is 3. The first-order valence-corrected chi connectivity index (χ1v) is 12.9. The lowest BCUT2D eigenvalue weighted by atomic mass is 9.95. The third-order valence-electron chi connectivity index (χ3n) is 6.69. The number of nitrogen functional groups attached to an aromatic ring is 1. The van der Waals surface area contributed by atoms with Crippen LogP contribution in [0.1, 0.15) is 83.5 Å². The molecule has 0 bridgehead atoms. The average Bonchev–Trinajstić information content (AvgIpc) is 3.48. The lowest BCUT2D eigenvalue weighted by Gasteiger charge is -2.23. The number of benzene rings is 1. The molecular weight excluding hydrogens is 450 g/mol. The molecule has 0 saturated heterocycles. The van der Waals surface area contributed by atoms with E-state index in [1.54, 1.807) is 0 Å². The summed E-state index contributed by atoms with van der Waals surface area (Å²) in [6, 6.07) is 7.68. The highest BCUT2D eigenvalue weighted by atomic mass is 32.1. The minimum absolute atomic E-state index is 0.0663. The molecule has 1 heterocycles. The number of anilines is 2. The van der Waals surface area contributed by atoms with Gasteiger partial charge in [-0.2, -0.15) is 4.37 Å². The zero-order valence-electron chi connectivity index (χ0n) is 19.6. The van der Waals surface area contributed by atoms with E-state index in [2.05, 4.69) is 15.0 Å². The Bertz CT molecular complexity index is 1020. The number of carbonyl (C=O) groups excluding carboxylic acids is 3. The second-order valence-corrected chi connectivity index (χ2v) is 10.1. The van der Waals surface area contributed by atoms with Crippen molar-refractivity contribution in [2.75, 3.05) is 17.2 Å². The topological polar surface area (TPSA) is 117 Å². The largest absolute Gasteiger partial charge is 0.395 e. The summed E-state index contributed by atoms with van der Waals surface area (Å²) in [4.78, 5) is 40.7. The molecule has 2 aliphatic rings. The summed E-state index contributed by atoms with van der Waals surface area (Å²) in [7, 11) is 0. The van der Waals surface area contributed by atoms with Crippen LogP contribution >= 0.6 is 11.5 Å². The number of hydrogen-bond donors (Lipinski definition) is 3. The first-order valence-electron chi connectivity index (χ1n) is 12.2. The van der Waals surface area contributed by atoms with Crippen LogP contribution in [0, 0.1) is 6.92 Å². The maximum atomic E-state index is 13.6. The summed E-state index contributed by atoms with van der Waals surface area (Å²) in [6.45, 7) is 1.83. The van der Waals surface area contributed by atoms with Crippen LogP contribution in [0.3, 0.4) is 0 Å². The zero-order chi connectivity index (χ0) is 24.1. The van der Waals surface area contributed by atoms with Crippen LogP contribution in [0.25, 0.3) is 0 Å². The van der Waals surface area contributed by atoms with Crippen molar-refractivity contribution in [3.63, 3.8) is 0 Å². The van der Waals surface area contributed by atoms with Crippen molar-refractivity contribution in [1.82, 2.24) is 15.0 Å². The maximum absolute atomic E-state index is 13.6. The van der Waals surface area contributed by atoms with Crippen LogP contribution in [0.5, 0.6) is 0 Å². The normalized spacial score (nSPS) is 16.9. The van der Waals surface area contributed by atoms with Gasteiger partial charge in [0.1, 0.15) is 11.4 Å². The molecule has 2 saturated carbocycles. The molecule has 0 spiro atoms. The third-order valence-corrected chi connectivity index (χ3v) is 7.54. The van der Waals surface area contributed by atoms with Crippen LogP contribution in [0.2, 0.25) is 0 Å². The van der Waals surface area contributed by atoms with Gasteiger partial charge in [0.15, 0.2) is 5.69 Å². The van der Waals surface area contributed by atoms with E-state index in [4.69, 9.17) is 5.73 Å². The van der Waals surface area contributed by atoms with E-state index >= 15 is 0 Å². The Morgan fingerprint density at radius 2 is 1.56 bits per heavy atom. The van der Waals surface area contributed by atoms with Crippen molar-refractivity contribution in [1.29, 1.82) is 0 Å². The third kappa shape index (κ3) is 5.75. The fourth-order valence-electron chi connectivity index (χ4n) is 4.73. The fraction of sp³-hybridized carbons (Fsp3) is 0.520. The first kappa shape index (κ1) is 24.2. The van der Waals surface area contributed by atoms with Gasteiger partial charge in [-0.1, -0.05) is 49.8 Å². The SMILES string of the molecule is Cc1ccc(N(CC(=O)NC2CCCC2)C(=O)c2snc(C(=O)NC3CCCCC3)c2N)cc1. The van der Waals surface area contributed by atoms with Gasteiger partial charge in [0.05, 0.1) is 5.69 Å². The van der Waals surface area contributed by atoms with Crippen molar-refractivity contribution in [2.24, 2.45) is 0 Å². The lowest BCUT2D eigenvalue weighted by Crippen LogP contribution is -2.43. The molecule has 1 aromatic carbocycles. The van der Waals surface area contributed by atoms with Crippen LogP contribution in [0.4, 0.5) is 11.4 Å². The second kappa shape index (κ2) is 11.0. The number of aryl methyl sites for hydroxylation is 1. The Hall–Kier alpha value is -2.94. The molecule has 182 valence electrons. The van der Waals surface area contributed by atoms with E-state index in [-0.39, 0.29) is 46.7 Å². The van der Waals surface area contributed by atoms with Crippen molar-refractivity contribution < 1.29 is 14.4 Å². The van der Waals surface area contributed by atoms with E-state index in [0.29, 0.717) is 5.69 Å². The van der Waals surface area contributed by atoms with Gasteiger partial charge in [-0.3, -0.25) is 19.3 Å². The molecular formula is C25H33N5O3S. The van der Waals surface area contributed by atoms with Gasteiger partial charge in [0.2, 0.25) is 5.91 Å². The molecule has 0 aliphatic heterocycles. The highest BCUT2D eigenvalue weighted by molar-refractivity contribution is 7.09. The summed E-state index contributed by atoms with van der Waals surface area (Å²) in [5.74, 6) is -0.989. The Morgan fingerprint density at radius 1 is 0.971 bits per heavy atom. The number of nitrogens with zero attached hydrogens (tertiary/aromatic N) is 2. The van der Waals surface area contributed by atoms with E-state index in [1.807, 2.05) is 31.2 Å². The predicted molar refractivity (Wildman–Crippen MR) is 134 cm³/mol. The van der Waals surface area contributed by atoms with E-state index < -0.39 is 5.91 Å². The van der Waals surface area contributed by atoms with Gasteiger partial charge in [0.25, 0.3) is 11.8 Å². The molecule has 2 aromatic rings. The minimum atomic E-state index is -0.433. The molecule has 0 radical (unpaired) electrons. The quantitative estimate of drug-likeness (QED) is 0.554. The summed E-state index contributed by atoms with van der Waals surface area (Å²) in [6.07, 6.45) is 9.40. The Morgan fingerprint density at radius 3 is 2.21 bits per heavy atom. The van der Waals surface area contributed by atoms with Gasteiger partial charge < -0.3 is 16.4 Å². The predicted octanol–water partition coefficient (Wildman–Crippen LogP) is 3.80. The second-order valence-electron chi connectivity index (χ2n) is 9.36. The number of amides is 3. The molecule has 2 aliphatic carbocycles. The molecule has 4 rings (SSSR count). The summed E-state index contributed by atoms with van der Waals surface area (Å²) in [5, 5.41) is 6.04. The Balaban J connectivity index is 1.52. The summed E-state index contributed by atoms with van der Waals surface area (Å²) < 4.78 is 4.21. The molecule has 0 atom stereocenters. The van der Waals surface area contributed by atoms with Crippen LogP contribution in [-0.2, 0) is 4.79 Å².